The molecule has 0 fully saturated rings. The summed E-state index contributed by atoms with van der Waals surface area (Å²) in [5.41, 5.74) is 1.19. The van der Waals surface area contributed by atoms with E-state index >= 15 is 0 Å². The van der Waals surface area contributed by atoms with Crippen molar-refractivity contribution in [3.8, 4) is 5.75 Å². The van der Waals surface area contributed by atoms with Gasteiger partial charge in [-0.15, -0.1) is 0 Å². The Labute approximate surface area is 98.6 Å². The molecule has 0 unspecified atom stereocenters. The number of benzene rings is 1. The van der Waals surface area contributed by atoms with Gasteiger partial charge < -0.3 is 9.47 Å². The predicted octanol–water partition coefficient (Wildman–Crippen LogP) is 3.65. The number of hydrogen-bond acceptors (Lipinski definition) is 2. The van der Waals surface area contributed by atoms with Gasteiger partial charge in [0, 0.05) is 6.61 Å². The summed E-state index contributed by atoms with van der Waals surface area (Å²) < 4.78 is 11.1. The van der Waals surface area contributed by atoms with Crippen LogP contribution in [0.25, 0.3) is 0 Å². The molecule has 90 valence electrons. The Bertz CT molecular complexity index is 288. The molecule has 0 spiro atoms. The van der Waals surface area contributed by atoms with Crippen LogP contribution in [0.5, 0.6) is 5.75 Å². The summed E-state index contributed by atoms with van der Waals surface area (Å²) in [6.45, 7) is 9.85. The van der Waals surface area contributed by atoms with Gasteiger partial charge in [-0.2, -0.15) is 0 Å². The van der Waals surface area contributed by atoms with Gasteiger partial charge in [-0.25, -0.2) is 0 Å². The monoisotopic (exact) mass is 222 g/mol. The van der Waals surface area contributed by atoms with Gasteiger partial charge >= 0.3 is 0 Å². The third-order valence-corrected chi connectivity index (χ3v) is 2.02. The highest BCUT2D eigenvalue weighted by Crippen LogP contribution is 2.14. The number of ether oxygens (including phenoxy) is 2. The molecule has 0 bridgehead atoms. The topological polar surface area (TPSA) is 18.5 Å². The summed E-state index contributed by atoms with van der Waals surface area (Å²) in [7, 11) is 0. The lowest BCUT2D eigenvalue weighted by Crippen LogP contribution is -2.05. The summed E-state index contributed by atoms with van der Waals surface area (Å²) in [6.07, 6.45) is 0.225. The molecule has 0 amide bonds. The maximum absolute atomic E-state index is 5.57. The van der Waals surface area contributed by atoms with Crippen LogP contribution in [0.1, 0.15) is 33.3 Å². The maximum Gasteiger partial charge on any atom is 0.119 e. The summed E-state index contributed by atoms with van der Waals surface area (Å²) in [6, 6.07) is 8.10. The van der Waals surface area contributed by atoms with Gasteiger partial charge in [-0.3, -0.25) is 0 Å². The molecule has 16 heavy (non-hydrogen) atoms. The van der Waals surface area contributed by atoms with Crippen molar-refractivity contribution in [3.05, 3.63) is 29.8 Å². The fraction of sp³-hybridized carbons (Fsp3) is 0.571. The molecule has 1 aromatic carbocycles. The van der Waals surface area contributed by atoms with Gasteiger partial charge in [0.15, 0.2) is 0 Å². The van der Waals surface area contributed by atoms with E-state index in [1.807, 2.05) is 26.0 Å². The van der Waals surface area contributed by atoms with Crippen LogP contribution in [0.15, 0.2) is 24.3 Å². The van der Waals surface area contributed by atoms with Crippen LogP contribution in [0, 0.1) is 5.92 Å². The summed E-state index contributed by atoms with van der Waals surface area (Å²) >= 11 is 0. The first-order chi connectivity index (χ1) is 7.58. The summed E-state index contributed by atoms with van der Waals surface area (Å²) in [4.78, 5) is 0. The Balaban J connectivity index is 2.39. The average molecular weight is 222 g/mol. The molecule has 0 aliphatic rings. The van der Waals surface area contributed by atoms with E-state index in [4.69, 9.17) is 9.47 Å². The van der Waals surface area contributed by atoms with E-state index in [1.54, 1.807) is 0 Å². The minimum Gasteiger partial charge on any atom is -0.491 e. The molecule has 0 atom stereocenters. The molecule has 0 aliphatic carbocycles. The van der Waals surface area contributed by atoms with E-state index in [2.05, 4.69) is 26.0 Å². The van der Waals surface area contributed by atoms with E-state index in [-0.39, 0.29) is 6.10 Å². The van der Waals surface area contributed by atoms with E-state index < -0.39 is 0 Å². The van der Waals surface area contributed by atoms with Crippen LogP contribution >= 0.6 is 0 Å². The number of hydrogen-bond donors (Lipinski definition) is 0. The fourth-order valence-corrected chi connectivity index (χ4v) is 1.35. The van der Waals surface area contributed by atoms with E-state index in [0.29, 0.717) is 12.5 Å². The molecule has 2 nitrogen and oxygen atoms in total. The summed E-state index contributed by atoms with van der Waals surface area (Å²) in [5, 5.41) is 0. The van der Waals surface area contributed by atoms with Crippen molar-refractivity contribution in [2.75, 3.05) is 6.61 Å². The second kappa shape index (κ2) is 6.54. The van der Waals surface area contributed by atoms with Crippen LogP contribution in [0.4, 0.5) is 0 Å². The van der Waals surface area contributed by atoms with Gasteiger partial charge in [0.1, 0.15) is 5.75 Å². The molecule has 0 aliphatic heterocycles. The molecule has 0 saturated carbocycles. The van der Waals surface area contributed by atoms with Crippen molar-refractivity contribution in [1.29, 1.82) is 0 Å². The summed E-state index contributed by atoms with van der Waals surface area (Å²) in [5.74, 6) is 1.51. The SMILES string of the molecule is CC(C)COCc1ccc(OC(C)C)cc1. The highest BCUT2D eigenvalue weighted by molar-refractivity contribution is 5.26. The third kappa shape index (κ3) is 5.17. The molecule has 0 N–H and O–H groups in total. The molecule has 0 aromatic heterocycles. The molecule has 1 rings (SSSR count). The van der Waals surface area contributed by atoms with Crippen molar-refractivity contribution < 1.29 is 9.47 Å². The highest BCUT2D eigenvalue weighted by Gasteiger charge is 1.99. The lowest BCUT2D eigenvalue weighted by Gasteiger charge is -2.10. The van der Waals surface area contributed by atoms with Crippen LogP contribution in [-0.2, 0) is 11.3 Å². The van der Waals surface area contributed by atoms with Gasteiger partial charge in [0.2, 0.25) is 0 Å². The standard InChI is InChI=1S/C14H22O2/c1-11(2)9-15-10-13-5-7-14(8-6-13)16-12(3)4/h5-8,11-12H,9-10H2,1-4H3. The molecule has 2 heteroatoms. The van der Waals surface area contributed by atoms with Crippen LogP contribution in [-0.4, -0.2) is 12.7 Å². The molecular formula is C14H22O2. The van der Waals surface area contributed by atoms with Crippen LogP contribution in [0.2, 0.25) is 0 Å². The van der Waals surface area contributed by atoms with Crippen molar-refractivity contribution in [1.82, 2.24) is 0 Å². The van der Waals surface area contributed by atoms with Crippen LogP contribution < -0.4 is 4.74 Å². The van der Waals surface area contributed by atoms with E-state index in [0.717, 1.165) is 12.4 Å². The Morgan fingerprint density at radius 2 is 1.62 bits per heavy atom. The minimum absolute atomic E-state index is 0.225. The molecule has 1 aromatic rings. The lowest BCUT2D eigenvalue weighted by molar-refractivity contribution is 0.0970. The predicted molar refractivity (Wildman–Crippen MR) is 66.7 cm³/mol. The second-order valence-electron chi connectivity index (χ2n) is 4.72. The Morgan fingerprint density at radius 1 is 1.00 bits per heavy atom. The number of rotatable bonds is 6. The second-order valence-corrected chi connectivity index (χ2v) is 4.72. The molecular weight excluding hydrogens is 200 g/mol. The lowest BCUT2D eigenvalue weighted by atomic mass is 10.2. The van der Waals surface area contributed by atoms with Gasteiger partial charge in [0.25, 0.3) is 0 Å². The minimum atomic E-state index is 0.225. The third-order valence-electron chi connectivity index (χ3n) is 2.02. The van der Waals surface area contributed by atoms with Crippen molar-refractivity contribution in [3.63, 3.8) is 0 Å². The Morgan fingerprint density at radius 3 is 2.12 bits per heavy atom. The maximum atomic E-state index is 5.57. The van der Waals surface area contributed by atoms with Crippen molar-refractivity contribution in [2.24, 2.45) is 5.92 Å². The van der Waals surface area contributed by atoms with Gasteiger partial charge in [0.05, 0.1) is 12.7 Å². The van der Waals surface area contributed by atoms with Gasteiger partial charge in [-0.1, -0.05) is 26.0 Å². The van der Waals surface area contributed by atoms with E-state index in [9.17, 15) is 0 Å². The normalized spacial score (nSPS) is 11.1. The molecule has 0 heterocycles. The zero-order chi connectivity index (χ0) is 12.0. The van der Waals surface area contributed by atoms with Gasteiger partial charge in [-0.05, 0) is 37.5 Å². The fourth-order valence-electron chi connectivity index (χ4n) is 1.35. The average Bonchev–Trinajstić information content (AvgIpc) is 2.19. The Kier molecular flexibility index (Phi) is 5.33. The van der Waals surface area contributed by atoms with Crippen molar-refractivity contribution >= 4 is 0 Å². The smallest absolute Gasteiger partial charge is 0.119 e. The first-order valence-corrected chi connectivity index (χ1v) is 5.91. The van der Waals surface area contributed by atoms with Crippen LogP contribution in [0.3, 0.4) is 0 Å². The highest BCUT2D eigenvalue weighted by atomic mass is 16.5. The zero-order valence-corrected chi connectivity index (χ0v) is 10.7. The largest absolute Gasteiger partial charge is 0.491 e. The molecule has 0 saturated heterocycles. The van der Waals surface area contributed by atoms with Crippen molar-refractivity contribution in [2.45, 2.75) is 40.4 Å². The molecule has 0 radical (unpaired) electrons. The first-order valence-electron chi connectivity index (χ1n) is 5.91. The van der Waals surface area contributed by atoms with E-state index in [1.165, 1.54) is 5.56 Å². The zero-order valence-electron chi connectivity index (χ0n) is 10.7. The first kappa shape index (κ1) is 13.0. The quantitative estimate of drug-likeness (QED) is 0.731. The Hall–Kier alpha value is -1.02.